The van der Waals surface area contributed by atoms with Crippen LogP contribution in [0.1, 0.15) is 11.1 Å². The maximum atomic E-state index is 2.35. The van der Waals surface area contributed by atoms with E-state index in [2.05, 4.69) is 59.7 Å². The second kappa shape index (κ2) is 3.24. The van der Waals surface area contributed by atoms with E-state index in [1.807, 2.05) is 0 Å². The smallest absolute Gasteiger partial charge is 0.0524 e. The molecule has 82 valence electrons. The molecule has 0 N–H and O–H groups in total. The number of allylic oxidation sites excluding steroid dienone is 1. The molecule has 0 aliphatic carbocycles. The highest BCUT2D eigenvalue weighted by Crippen LogP contribution is 2.38. The van der Waals surface area contributed by atoms with Crippen LogP contribution in [-0.4, -0.2) is 6.54 Å². The van der Waals surface area contributed by atoms with Crippen LogP contribution in [0.5, 0.6) is 0 Å². The van der Waals surface area contributed by atoms with Crippen LogP contribution in [0.15, 0.2) is 48.7 Å². The SMILES string of the molecule is C1=CN2CC=Cc3cc4ccccc4c(c32)C1. The Bertz CT molecular complexity index is 665. The van der Waals surface area contributed by atoms with Gasteiger partial charge in [0.1, 0.15) is 0 Å². The van der Waals surface area contributed by atoms with E-state index in [-0.39, 0.29) is 0 Å². The molecule has 0 saturated carbocycles. The molecule has 2 aliphatic heterocycles. The minimum absolute atomic E-state index is 0.995. The quantitative estimate of drug-likeness (QED) is 0.652. The molecule has 17 heavy (non-hydrogen) atoms. The van der Waals surface area contributed by atoms with E-state index < -0.39 is 0 Å². The monoisotopic (exact) mass is 219 g/mol. The van der Waals surface area contributed by atoms with Crippen molar-refractivity contribution in [3.8, 4) is 0 Å². The molecule has 1 nitrogen and oxygen atoms in total. The van der Waals surface area contributed by atoms with E-state index >= 15 is 0 Å². The fourth-order valence-electron chi connectivity index (χ4n) is 2.93. The van der Waals surface area contributed by atoms with Gasteiger partial charge >= 0.3 is 0 Å². The lowest BCUT2D eigenvalue weighted by atomic mass is 9.92. The van der Waals surface area contributed by atoms with Gasteiger partial charge in [0.25, 0.3) is 0 Å². The predicted molar refractivity (Wildman–Crippen MR) is 73.2 cm³/mol. The molecular weight excluding hydrogens is 206 g/mol. The number of fused-ring (bicyclic) bond motifs is 2. The first-order valence-corrected chi connectivity index (χ1v) is 6.08. The van der Waals surface area contributed by atoms with Gasteiger partial charge in [-0.25, -0.2) is 0 Å². The van der Waals surface area contributed by atoms with Crippen LogP contribution < -0.4 is 4.90 Å². The Hall–Kier alpha value is -2.02. The number of rotatable bonds is 0. The summed E-state index contributed by atoms with van der Waals surface area (Å²) in [6.45, 7) is 0.995. The van der Waals surface area contributed by atoms with Gasteiger partial charge in [0.2, 0.25) is 0 Å². The van der Waals surface area contributed by atoms with Crippen molar-refractivity contribution in [1.29, 1.82) is 0 Å². The normalized spacial score (nSPS) is 16.4. The molecule has 0 atom stereocenters. The molecule has 0 spiro atoms. The first kappa shape index (κ1) is 9.06. The van der Waals surface area contributed by atoms with Crippen molar-refractivity contribution in [3.63, 3.8) is 0 Å². The molecule has 0 unspecified atom stereocenters. The van der Waals surface area contributed by atoms with Crippen molar-refractivity contribution < 1.29 is 0 Å². The Balaban J connectivity index is 2.16. The van der Waals surface area contributed by atoms with Gasteiger partial charge in [-0.05, 0) is 34.4 Å². The van der Waals surface area contributed by atoms with E-state index in [0.29, 0.717) is 0 Å². The fourth-order valence-corrected chi connectivity index (χ4v) is 2.93. The van der Waals surface area contributed by atoms with Gasteiger partial charge in [-0.1, -0.05) is 42.5 Å². The summed E-state index contributed by atoms with van der Waals surface area (Å²) in [4.78, 5) is 2.35. The molecule has 2 aliphatic rings. The maximum Gasteiger partial charge on any atom is 0.0524 e. The molecule has 0 bridgehead atoms. The Labute approximate surface area is 101 Å². The van der Waals surface area contributed by atoms with Crippen molar-refractivity contribution in [2.75, 3.05) is 11.4 Å². The van der Waals surface area contributed by atoms with E-state index in [1.165, 1.54) is 27.6 Å². The predicted octanol–water partition coefficient (Wildman–Crippen LogP) is 3.74. The summed E-state index contributed by atoms with van der Waals surface area (Å²) < 4.78 is 0. The zero-order chi connectivity index (χ0) is 11.2. The third kappa shape index (κ3) is 1.19. The Morgan fingerprint density at radius 3 is 3.00 bits per heavy atom. The van der Waals surface area contributed by atoms with Gasteiger partial charge in [0.15, 0.2) is 0 Å². The first-order chi connectivity index (χ1) is 8.43. The Kier molecular flexibility index (Phi) is 1.72. The zero-order valence-corrected chi connectivity index (χ0v) is 9.56. The molecule has 2 aromatic rings. The third-order valence-corrected chi connectivity index (χ3v) is 3.65. The van der Waals surface area contributed by atoms with Gasteiger partial charge in [0, 0.05) is 12.7 Å². The lowest BCUT2D eigenvalue weighted by molar-refractivity contribution is 1.02. The number of anilines is 1. The maximum absolute atomic E-state index is 2.35. The van der Waals surface area contributed by atoms with Crippen molar-refractivity contribution in [3.05, 3.63) is 59.8 Å². The molecule has 0 saturated heterocycles. The Morgan fingerprint density at radius 2 is 2.00 bits per heavy atom. The van der Waals surface area contributed by atoms with E-state index in [0.717, 1.165) is 13.0 Å². The number of hydrogen-bond acceptors (Lipinski definition) is 1. The first-order valence-electron chi connectivity index (χ1n) is 6.08. The summed E-state index contributed by atoms with van der Waals surface area (Å²) in [6, 6.07) is 11.0. The molecule has 2 aromatic carbocycles. The minimum Gasteiger partial charge on any atom is -0.344 e. The van der Waals surface area contributed by atoms with Crippen molar-refractivity contribution in [1.82, 2.24) is 0 Å². The molecule has 2 heterocycles. The zero-order valence-electron chi connectivity index (χ0n) is 9.56. The number of benzene rings is 2. The van der Waals surface area contributed by atoms with Crippen molar-refractivity contribution in [2.45, 2.75) is 6.42 Å². The van der Waals surface area contributed by atoms with E-state index in [9.17, 15) is 0 Å². The molecule has 0 aromatic heterocycles. The summed E-state index contributed by atoms with van der Waals surface area (Å²) in [5, 5.41) is 2.75. The summed E-state index contributed by atoms with van der Waals surface area (Å²) in [5.41, 5.74) is 4.24. The summed E-state index contributed by atoms with van der Waals surface area (Å²) in [6.07, 6.45) is 10.0. The second-order valence-electron chi connectivity index (χ2n) is 4.66. The largest absolute Gasteiger partial charge is 0.344 e. The van der Waals surface area contributed by atoms with Crippen molar-refractivity contribution in [2.24, 2.45) is 0 Å². The summed E-state index contributed by atoms with van der Waals surface area (Å²) in [5.74, 6) is 0. The molecule has 1 heteroatoms. The van der Waals surface area contributed by atoms with Gasteiger partial charge < -0.3 is 4.90 Å². The molecular formula is C16H13N. The number of nitrogens with zero attached hydrogens (tertiary/aromatic N) is 1. The summed E-state index contributed by atoms with van der Waals surface area (Å²) >= 11 is 0. The Morgan fingerprint density at radius 1 is 1.06 bits per heavy atom. The van der Waals surface area contributed by atoms with Crippen LogP contribution in [0.3, 0.4) is 0 Å². The van der Waals surface area contributed by atoms with Gasteiger partial charge in [-0.2, -0.15) is 0 Å². The van der Waals surface area contributed by atoms with E-state index in [1.54, 1.807) is 0 Å². The minimum atomic E-state index is 0.995. The van der Waals surface area contributed by atoms with Crippen LogP contribution in [-0.2, 0) is 6.42 Å². The highest BCUT2D eigenvalue weighted by molar-refractivity contribution is 5.96. The number of hydrogen-bond donors (Lipinski definition) is 0. The fraction of sp³-hybridized carbons (Fsp3) is 0.125. The van der Waals surface area contributed by atoms with Gasteiger partial charge in [0.05, 0.1) is 5.69 Å². The van der Waals surface area contributed by atoms with Crippen LogP contribution in [0, 0.1) is 0 Å². The average molecular weight is 219 g/mol. The van der Waals surface area contributed by atoms with Crippen LogP contribution in [0.2, 0.25) is 0 Å². The van der Waals surface area contributed by atoms with E-state index in [4.69, 9.17) is 0 Å². The van der Waals surface area contributed by atoms with Crippen molar-refractivity contribution >= 4 is 22.5 Å². The topological polar surface area (TPSA) is 3.24 Å². The van der Waals surface area contributed by atoms with Crippen LogP contribution in [0.4, 0.5) is 5.69 Å². The molecule has 4 rings (SSSR count). The molecule has 0 amide bonds. The third-order valence-electron chi connectivity index (χ3n) is 3.65. The highest BCUT2D eigenvalue weighted by atomic mass is 15.1. The molecule has 0 fully saturated rings. The van der Waals surface area contributed by atoms with Gasteiger partial charge in [-0.3, -0.25) is 0 Å². The average Bonchev–Trinajstić information content (AvgIpc) is 2.39. The summed E-state index contributed by atoms with van der Waals surface area (Å²) in [7, 11) is 0. The van der Waals surface area contributed by atoms with Crippen LogP contribution in [0.25, 0.3) is 16.8 Å². The standard InChI is InChI=1S/C16H13N/c1-2-7-14-12(5-1)11-13-6-3-9-17-10-4-8-15(14)16(13)17/h1-7,10-11H,8-9H2. The lowest BCUT2D eigenvalue weighted by Crippen LogP contribution is -2.23. The van der Waals surface area contributed by atoms with Crippen LogP contribution >= 0.6 is 0 Å². The highest BCUT2D eigenvalue weighted by Gasteiger charge is 2.20. The lowest BCUT2D eigenvalue weighted by Gasteiger charge is -2.31. The van der Waals surface area contributed by atoms with Gasteiger partial charge in [-0.15, -0.1) is 0 Å². The molecule has 0 radical (unpaired) electrons. The second-order valence-corrected chi connectivity index (χ2v) is 4.66.